The lowest BCUT2D eigenvalue weighted by atomic mass is 10.1. The minimum atomic E-state index is -0.547. The molecule has 0 atom stereocenters. The van der Waals surface area contributed by atoms with Gasteiger partial charge in [-0.1, -0.05) is 13.0 Å². The number of rotatable bonds is 3. The number of benzene rings is 1. The zero-order valence-electron chi connectivity index (χ0n) is 8.84. The fourth-order valence-electron chi connectivity index (χ4n) is 1.42. The SMILES string of the molecule is CCc1csc(Cc2ccc(F)cc2F)n1. The van der Waals surface area contributed by atoms with E-state index in [9.17, 15) is 8.78 Å². The van der Waals surface area contributed by atoms with Gasteiger partial charge in [-0.05, 0) is 18.1 Å². The molecule has 0 radical (unpaired) electrons. The Morgan fingerprint density at radius 3 is 2.75 bits per heavy atom. The second kappa shape index (κ2) is 4.70. The van der Waals surface area contributed by atoms with Crippen molar-refractivity contribution in [3.05, 3.63) is 51.5 Å². The van der Waals surface area contributed by atoms with Gasteiger partial charge in [0.1, 0.15) is 11.6 Å². The van der Waals surface area contributed by atoms with E-state index in [1.54, 1.807) is 0 Å². The molecule has 0 saturated heterocycles. The van der Waals surface area contributed by atoms with Crippen molar-refractivity contribution in [1.29, 1.82) is 0 Å². The second-order valence-electron chi connectivity index (χ2n) is 3.50. The van der Waals surface area contributed by atoms with Crippen molar-refractivity contribution in [2.45, 2.75) is 19.8 Å². The van der Waals surface area contributed by atoms with Crippen LogP contribution in [0.25, 0.3) is 0 Å². The van der Waals surface area contributed by atoms with Crippen molar-refractivity contribution >= 4 is 11.3 Å². The van der Waals surface area contributed by atoms with Gasteiger partial charge in [0.2, 0.25) is 0 Å². The summed E-state index contributed by atoms with van der Waals surface area (Å²) in [5, 5.41) is 2.83. The van der Waals surface area contributed by atoms with E-state index in [4.69, 9.17) is 0 Å². The molecule has 0 bridgehead atoms. The summed E-state index contributed by atoms with van der Waals surface area (Å²) in [6.45, 7) is 2.03. The van der Waals surface area contributed by atoms with Crippen LogP contribution in [0.15, 0.2) is 23.6 Å². The number of hydrogen-bond acceptors (Lipinski definition) is 2. The van der Waals surface area contributed by atoms with Gasteiger partial charge in [-0.3, -0.25) is 0 Å². The maximum atomic E-state index is 13.4. The third-order valence-electron chi connectivity index (χ3n) is 2.32. The lowest BCUT2D eigenvalue weighted by Crippen LogP contribution is -1.93. The van der Waals surface area contributed by atoms with Crippen LogP contribution in [-0.4, -0.2) is 4.98 Å². The Labute approximate surface area is 96.8 Å². The summed E-state index contributed by atoms with van der Waals surface area (Å²) in [4.78, 5) is 4.35. The molecule has 2 aromatic rings. The smallest absolute Gasteiger partial charge is 0.129 e. The van der Waals surface area contributed by atoms with Crippen molar-refractivity contribution in [2.75, 3.05) is 0 Å². The first-order chi connectivity index (χ1) is 7.69. The predicted molar refractivity (Wildman–Crippen MR) is 60.7 cm³/mol. The summed E-state index contributed by atoms with van der Waals surface area (Å²) in [5.74, 6) is -1.05. The Hall–Kier alpha value is -1.29. The number of thiazole rings is 1. The zero-order valence-corrected chi connectivity index (χ0v) is 9.65. The second-order valence-corrected chi connectivity index (χ2v) is 4.44. The molecule has 1 nitrogen and oxygen atoms in total. The number of hydrogen-bond donors (Lipinski definition) is 0. The Bertz CT molecular complexity index is 494. The van der Waals surface area contributed by atoms with E-state index in [1.807, 2.05) is 12.3 Å². The molecule has 0 amide bonds. The minimum absolute atomic E-state index is 0.427. The maximum Gasteiger partial charge on any atom is 0.129 e. The molecule has 0 aliphatic heterocycles. The highest BCUT2D eigenvalue weighted by molar-refractivity contribution is 7.09. The number of nitrogens with zero attached hydrogens (tertiary/aromatic N) is 1. The van der Waals surface area contributed by atoms with E-state index >= 15 is 0 Å². The Kier molecular flexibility index (Phi) is 3.29. The molecule has 0 spiro atoms. The van der Waals surface area contributed by atoms with E-state index in [0.717, 1.165) is 23.2 Å². The average Bonchev–Trinajstić information content (AvgIpc) is 2.70. The molecule has 0 saturated carbocycles. The monoisotopic (exact) mass is 239 g/mol. The first kappa shape index (κ1) is 11.2. The quantitative estimate of drug-likeness (QED) is 0.797. The standard InChI is InChI=1S/C12H11F2NS/c1-2-10-7-16-12(15-10)5-8-3-4-9(13)6-11(8)14/h3-4,6-7H,2,5H2,1H3. The number of aromatic nitrogens is 1. The molecular formula is C12H11F2NS. The van der Waals surface area contributed by atoms with Crippen LogP contribution in [0.3, 0.4) is 0 Å². The highest BCUT2D eigenvalue weighted by atomic mass is 32.1. The van der Waals surface area contributed by atoms with Gasteiger partial charge in [-0.25, -0.2) is 13.8 Å². The molecule has 0 fully saturated rings. The van der Waals surface area contributed by atoms with Crippen molar-refractivity contribution in [3.63, 3.8) is 0 Å². The number of aryl methyl sites for hydroxylation is 1. The van der Waals surface area contributed by atoms with Gasteiger partial charge in [-0.15, -0.1) is 11.3 Å². The van der Waals surface area contributed by atoms with Crippen LogP contribution in [0, 0.1) is 11.6 Å². The lowest BCUT2D eigenvalue weighted by Gasteiger charge is -2.00. The molecule has 1 aromatic heterocycles. The summed E-state index contributed by atoms with van der Waals surface area (Å²) >= 11 is 1.51. The van der Waals surface area contributed by atoms with Gasteiger partial charge in [0.15, 0.2) is 0 Å². The summed E-state index contributed by atoms with van der Waals surface area (Å²) < 4.78 is 26.1. The van der Waals surface area contributed by atoms with Gasteiger partial charge < -0.3 is 0 Å². The van der Waals surface area contributed by atoms with Crippen LogP contribution < -0.4 is 0 Å². The summed E-state index contributed by atoms with van der Waals surface area (Å²) in [6, 6.07) is 3.65. The highest BCUT2D eigenvalue weighted by Gasteiger charge is 2.07. The molecule has 84 valence electrons. The molecule has 4 heteroatoms. The fraction of sp³-hybridized carbons (Fsp3) is 0.250. The van der Waals surface area contributed by atoms with E-state index < -0.39 is 11.6 Å². The predicted octanol–water partition coefficient (Wildman–Crippen LogP) is 3.57. The van der Waals surface area contributed by atoms with Crippen LogP contribution >= 0.6 is 11.3 Å². The van der Waals surface area contributed by atoms with E-state index in [1.165, 1.54) is 23.5 Å². The van der Waals surface area contributed by atoms with E-state index in [-0.39, 0.29) is 0 Å². The van der Waals surface area contributed by atoms with Crippen molar-refractivity contribution in [1.82, 2.24) is 4.98 Å². The summed E-state index contributed by atoms with van der Waals surface area (Å²) in [7, 11) is 0. The Morgan fingerprint density at radius 2 is 2.12 bits per heavy atom. The van der Waals surface area contributed by atoms with Crippen molar-refractivity contribution in [3.8, 4) is 0 Å². The minimum Gasteiger partial charge on any atom is -0.246 e. The van der Waals surface area contributed by atoms with Crippen LogP contribution in [-0.2, 0) is 12.8 Å². The first-order valence-corrected chi connectivity index (χ1v) is 5.94. The summed E-state index contributed by atoms with van der Waals surface area (Å²) in [5.41, 5.74) is 1.50. The molecule has 16 heavy (non-hydrogen) atoms. The van der Waals surface area contributed by atoms with Crippen molar-refractivity contribution < 1.29 is 8.78 Å². The van der Waals surface area contributed by atoms with Crippen LogP contribution in [0.4, 0.5) is 8.78 Å². The molecule has 1 heterocycles. The van der Waals surface area contributed by atoms with Gasteiger partial charge in [0.05, 0.1) is 10.7 Å². The topological polar surface area (TPSA) is 12.9 Å². The highest BCUT2D eigenvalue weighted by Crippen LogP contribution is 2.18. The third-order valence-corrected chi connectivity index (χ3v) is 3.22. The summed E-state index contributed by atoms with van der Waals surface area (Å²) in [6.07, 6.45) is 1.30. The van der Waals surface area contributed by atoms with Crippen LogP contribution in [0.5, 0.6) is 0 Å². The molecule has 0 N–H and O–H groups in total. The van der Waals surface area contributed by atoms with Crippen LogP contribution in [0.2, 0.25) is 0 Å². The average molecular weight is 239 g/mol. The van der Waals surface area contributed by atoms with Crippen LogP contribution in [0.1, 0.15) is 23.2 Å². The third kappa shape index (κ3) is 2.44. The molecule has 1 aromatic carbocycles. The molecule has 2 rings (SSSR count). The fourth-order valence-corrected chi connectivity index (χ4v) is 2.32. The van der Waals surface area contributed by atoms with E-state index in [0.29, 0.717) is 12.0 Å². The Balaban J connectivity index is 2.20. The Morgan fingerprint density at radius 1 is 1.31 bits per heavy atom. The zero-order chi connectivity index (χ0) is 11.5. The lowest BCUT2D eigenvalue weighted by molar-refractivity contribution is 0.574. The van der Waals surface area contributed by atoms with Gasteiger partial charge in [-0.2, -0.15) is 0 Å². The molecule has 0 aliphatic carbocycles. The first-order valence-electron chi connectivity index (χ1n) is 5.06. The van der Waals surface area contributed by atoms with Gasteiger partial charge in [0, 0.05) is 17.9 Å². The maximum absolute atomic E-state index is 13.4. The van der Waals surface area contributed by atoms with Gasteiger partial charge >= 0.3 is 0 Å². The van der Waals surface area contributed by atoms with E-state index in [2.05, 4.69) is 4.98 Å². The molecule has 0 unspecified atom stereocenters. The van der Waals surface area contributed by atoms with Gasteiger partial charge in [0.25, 0.3) is 0 Å². The van der Waals surface area contributed by atoms with Crippen molar-refractivity contribution in [2.24, 2.45) is 0 Å². The normalized spacial score (nSPS) is 10.7. The largest absolute Gasteiger partial charge is 0.246 e. The number of halogens is 2. The molecular weight excluding hydrogens is 228 g/mol. The molecule has 0 aliphatic rings.